The number of anilines is 1. The van der Waals surface area contributed by atoms with E-state index in [1.165, 1.54) is 49.5 Å². The summed E-state index contributed by atoms with van der Waals surface area (Å²) in [5.74, 6) is 0.775. The van der Waals surface area contributed by atoms with Gasteiger partial charge in [0.1, 0.15) is 11.4 Å². The van der Waals surface area contributed by atoms with Crippen molar-refractivity contribution in [2.24, 2.45) is 0 Å². The molecule has 0 saturated heterocycles. The molecular weight excluding hydrogens is 496 g/mol. The van der Waals surface area contributed by atoms with Crippen LogP contribution in [0.2, 0.25) is 0 Å². The zero-order valence-electron chi connectivity index (χ0n) is 24.4. The molecule has 1 aromatic heterocycles. The molecule has 2 nitrogen and oxygen atoms in total. The van der Waals surface area contributed by atoms with E-state index >= 15 is 0 Å². The normalized spacial score (nSPS) is 12.3. The van der Waals surface area contributed by atoms with Gasteiger partial charge in [0.2, 0.25) is 0 Å². The van der Waals surface area contributed by atoms with Crippen LogP contribution in [0.1, 0.15) is 68.0 Å². The summed E-state index contributed by atoms with van der Waals surface area (Å²) in [6, 6.07) is 43.6. The minimum Gasteiger partial charge on any atom is -0.379 e. The third-order valence-corrected chi connectivity index (χ3v) is 8.28. The van der Waals surface area contributed by atoms with Crippen molar-refractivity contribution >= 4 is 27.2 Å². The Morgan fingerprint density at radius 1 is 0.537 bits per heavy atom. The highest BCUT2D eigenvalue weighted by atomic mass is 15.0. The van der Waals surface area contributed by atoms with Gasteiger partial charge in [-0.3, -0.25) is 0 Å². The molecule has 41 heavy (non-hydrogen) atoms. The van der Waals surface area contributed by atoms with Crippen LogP contribution in [0.25, 0.3) is 32.8 Å². The smallest absolute Gasteiger partial charge is 0.112 e. The fourth-order valence-corrected chi connectivity index (χ4v) is 6.17. The Kier molecular flexibility index (Phi) is 7.24. The predicted octanol–water partition coefficient (Wildman–Crippen LogP) is 10.0. The van der Waals surface area contributed by atoms with Gasteiger partial charge in [-0.1, -0.05) is 143 Å². The second-order valence-electron chi connectivity index (χ2n) is 11.6. The van der Waals surface area contributed by atoms with E-state index in [0.717, 1.165) is 11.4 Å². The number of rotatable bonds is 7. The number of fused-ring (bicyclic) bond motifs is 2. The van der Waals surface area contributed by atoms with Crippen molar-refractivity contribution in [3.63, 3.8) is 0 Å². The third kappa shape index (κ3) is 4.95. The fourth-order valence-electron chi connectivity index (χ4n) is 6.17. The number of pyridine rings is 1. The van der Waals surface area contributed by atoms with Gasteiger partial charge in [-0.25, -0.2) is 0 Å². The molecular formula is C39H38N2. The van der Waals surface area contributed by atoms with Crippen LogP contribution in [0.15, 0.2) is 121 Å². The Balaban J connectivity index is 1.61. The van der Waals surface area contributed by atoms with E-state index in [9.17, 15) is 0 Å². The molecule has 0 fully saturated rings. The lowest BCUT2D eigenvalue weighted by atomic mass is 9.90. The number of benzene rings is 5. The zero-order valence-corrected chi connectivity index (χ0v) is 24.4. The van der Waals surface area contributed by atoms with Gasteiger partial charge in [0.25, 0.3) is 0 Å². The van der Waals surface area contributed by atoms with Gasteiger partial charge in [0, 0.05) is 12.7 Å². The van der Waals surface area contributed by atoms with Gasteiger partial charge in [-0.05, 0) is 61.7 Å². The van der Waals surface area contributed by atoms with Crippen LogP contribution in [0.4, 0.5) is 5.69 Å². The molecule has 0 aliphatic heterocycles. The van der Waals surface area contributed by atoms with E-state index in [2.05, 4.69) is 166 Å². The average Bonchev–Trinajstić information content (AvgIpc) is 2.99. The van der Waals surface area contributed by atoms with Crippen molar-refractivity contribution in [3.05, 3.63) is 151 Å². The van der Waals surface area contributed by atoms with Crippen molar-refractivity contribution in [3.8, 4) is 11.3 Å². The van der Waals surface area contributed by atoms with Gasteiger partial charge >= 0.3 is 0 Å². The summed E-state index contributed by atoms with van der Waals surface area (Å²) in [5, 5.41) is 9.04. The number of para-hydroxylation sites is 1. The molecule has 1 N–H and O–H groups in total. The highest BCUT2D eigenvalue weighted by Crippen LogP contribution is 2.38. The standard InChI is InChI=1S/C39H38N2/c1-26(2)30-20-12-21-31(27(3)4)38(30)40-39(35-23-11-17-29-15-7-9-19-33(29)35)37-25-13-24-36(41(37)5)34-22-10-16-28-14-6-8-18-32(28)34/h6-27,39-40H,5H2,1-4H3. The first-order valence-electron chi connectivity index (χ1n) is 14.6. The summed E-state index contributed by atoms with van der Waals surface area (Å²) < 4.78 is 2.13. The average molecular weight is 535 g/mol. The van der Waals surface area contributed by atoms with Crippen molar-refractivity contribution < 1.29 is 4.57 Å². The van der Waals surface area contributed by atoms with Gasteiger partial charge in [0.05, 0.1) is 6.04 Å². The number of aromatic nitrogens is 1. The first kappa shape index (κ1) is 26.7. The van der Waals surface area contributed by atoms with Crippen LogP contribution >= 0.6 is 0 Å². The molecule has 1 unspecified atom stereocenters. The van der Waals surface area contributed by atoms with Crippen LogP contribution in [-0.4, -0.2) is 0 Å². The van der Waals surface area contributed by atoms with E-state index in [0.29, 0.717) is 11.8 Å². The largest absolute Gasteiger partial charge is 0.379 e. The number of hydrogen-bond acceptors (Lipinski definition) is 1. The number of hydrogen-bond donors (Lipinski definition) is 1. The van der Waals surface area contributed by atoms with E-state index in [4.69, 9.17) is 0 Å². The summed E-state index contributed by atoms with van der Waals surface area (Å²) in [6.07, 6.45) is 0. The summed E-state index contributed by atoms with van der Waals surface area (Å²) >= 11 is 0. The second-order valence-corrected chi connectivity index (χ2v) is 11.6. The van der Waals surface area contributed by atoms with Gasteiger partial charge in [-0.15, -0.1) is 0 Å². The predicted molar refractivity (Wildman–Crippen MR) is 174 cm³/mol. The molecule has 0 amide bonds. The van der Waals surface area contributed by atoms with Gasteiger partial charge in [0.15, 0.2) is 0 Å². The molecule has 6 aromatic rings. The molecule has 0 radical (unpaired) electrons. The molecule has 0 bridgehead atoms. The van der Waals surface area contributed by atoms with Gasteiger partial charge < -0.3 is 9.88 Å². The lowest BCUT2D eigenvalue weighted by Gasteiger charge is -2.29. The Bertz CT molecular complexity index is 1810. The Labute approximate surface area is 244 Å². The molecule has 1 heterocycles. The van der Waals surface area contributed by atoms with Crippen molar-refractivity contribution in [2.45, 2.75) is 45.6 Å². The van der Waals surface area contributed by atoms with Crippen LogP contribution in [0.3, 0.4) is 0 Å². The lowest BCUT2D eigenvalue weighted by Crippen LogP contribution is -2.38. The summed E-state index contributed by atoms with van der Waals surface area (Å²) in [6.45, 7) is 9.11. The zero-order chi connectivity index (χ0) is 28.5. The highest BCUT2D eigenvalue weighted by molar-refractivity contribution is 5.95. The van der Waals surface area contributed by atoms with E-state index < -0.39 is 0 Å². The Morgan fingerprint density at radius 2 is 1.05 bits per heavy atom. The van der Waals surface area contributed by atoms with Gasteiger partial charge in [-0.2, -0.15) is 0 Å². The minimum absolute atomic E-state index is 0.120. The Hall–Kier alpha value is -4.56. The maximum Gasteiger partial charge on any atom is 0.112 e. The van der Waals surface area contributed by atoms with E-state index in [1.807, 2.05) is 0 Å². The summed E-state index contributed by atoms with van der Waals surface area (Å²) in [5.41, 5.74) is 8.52. The molecule has 0 aliphatic carbocycles. The number of nitrogens with zero attached hydrogens (tertiary/aromatic N) is 1. The van der Waals surface area contributed by atoms with Crippen LogP contribution in [-0.2, 0) is 0 Å². The van der Waals surface area contributed by atoms with E-state index in [-0.39, 0.29) is 6.04 Å². The SMILES string of the molecule is [CH2-][n+]1c(-c2cccc3ccccc23)cccc1C(Nc1c(C(C)C)cccc1C(C)C)c1cccc2ccccc12. The summed E-state index contributed by atoms with van der Waals surface area (Å²) in [7, 11) is 4.66. The first-order chi connectivity index (χ1) is 19.9. The van der Waals surface area contributed by atoms with Crippen molar-refractivity contribution in [2.75, 3.05) is 5.32 Å². The maximum absolute atomic E-state index is 4.66. The molecule has 5 aromatic carbocycles. The van der Waals surface area contributed by atoms with Crippen LogP contribution < -0.4 is 9.88 Å². The molecule has 1 atom stereocenters. The maximum atomic E-state index is 4.66. The molecule has 0 spiro atoms. The monoisotopic (exact) mass is 534 g/mol. The highest BCUT2D eigenvalue weighted by Gasteiger charge is 2.24. The summed E-state index contributed by atoms with van der Waals surface area (Å²) in [4.78, 5) is 0. The molecule has 0 aliphatic rings. The fraction of sp³-hybridized carbons (Fsp3) is 0.179. The van der Waals surface area contributed by atoms with Crippen LogP contribution in [0.5, 0.6) is 0 Å². The quantitative estimate of drug-likeness (QED) is 0.159. The first-order valence-corrected chi connectivity index (χ1v) is 14.6. The number of nitrogens with one attached hydrogen (secondary N) is 1. The molecule has 204 valence electrons. The van der Waals surface area contributed by atoms with Crippen molar-refractivity contribution in [1.82, 2.24) is 0 Å². The lowest BCUT2D eigenvalue weighted by molar-refractivity contribution is -0.610. The second kappa shape index (κ2) is 11.1. The Morgan fingerprint density at radius 3 is 1.73 bits per heavy atom. The minimum atomic E-state index is -0.120. The third-order valence-electron chi connectivity index (χ3n) is 8.28. The molecule has 6 rings (SSSR count). The molecule has 0 saturated carbocycles. The topological polar surface area (TPSA) is 15.9 Å². The van der Waals surface area contributed by atoms with E-state index in [1.54, 1.807) is 0 Å². The molecule has 2 heteroatoms. The van der Waals surface area contributed by atoms with Crippen molar-refractivity contribution in [1.29, 1.82) is 0 Å². The van der Waals surface area contributed by atoms with Crippen LogP contribution in [0, 0.1) is 7.05 Å².